The number of hydroxylamine groups is 3. The fourth-order valence-electron chi connectivity index (χ4n) is 2.60. The van der Waals surface area contributed by atoms with Crippen LogP contribution in [-0.2, 0) is 0 Å². The molecule has 22 heavy (non-hydrogen) atoms. The van der Waals surface area contributed by atoms with Gasteiger partial charge in [-0.15, -0.1) is 11.8 Å². The first-order valence-corrected chi connectivity index (χ1v) is 9.42. The van der Waals surface area contributed by atoms with Crippen molar-refractivity contribution >= 4 is 46.0 Å². The minimum absolute atomic E-state index is 0.321. The molecule has 116 valence electrons. The number of quaternary nitrogens is 1. The highest BCUT2D eigenvalue weighted by atomic mass is 127. The van der Waals surface area contributed by atoms with E-state index in [1.165, 1.54) is 0 Å². The van der Waals surface area contributed by atoms with Gasteiger partial charge in [0.1, 0.15) is 5.03 Å². The predicted molar refractivity (Wildman–Crippen MR) is 100 cm³/mol. The van der Waals surface area contributed by atoms with Gasteiger partial charge in [0.05, 0.1) is 6.54 Å². The number of halogens is 1. The molecule has 0 saturated heterocycles. The van der Waals surface area contributed by atoms with Gasteiger partial charge in [-0.3, -0.25) is 4.65 Å². The number of hydrogen-bond donors (Lipinski definition) is 1. The molecule has 0 radical (unpaired) electrons. The summed E-state index contributed by atoms with van der Waals surface area (Å²) in [5.41, 5.74) is 1.65. The molecular weight excluding hydrogens is 411 g/mol. The van der Waals surface area contributed by atoms with Gasteiger partial charge in [0.2, 0.25) is 0 Å². The van der Waals surface area contributed by atoms with Crippen molar-refractivity contribution in [2.24, 2.45) is 9.98 Å². The predicted octanol–water partition coefficient (Wildman–Crippen LogP) is 3.27. The maximum atomic E-state index is 13.1. The molecule has 1 N–H and O–H groups in total. The van der Waals surface area contributed by atoms with Crippen LogP contribution in [0.5, 0.6) is 0 Å². The van der Waals surface area contributed by atoms with E-state index < -0.39 is 4.65 Å². The summed E-state index contributed by atoms with van der Waals surface area (Å²) >= 11 is 3.84. The van der Waals surface area contributed by atoms with Crippen LogP contribution in [0.4, 0.5) is 0 Å². The highest BCUT2D eigenvalue weighted by Gasteiger charge is 2.38. The first-order valence-electron chi connectivity index (χ1n) is 7.12. The molecule has 0 bridgehead atoms. The van der Waals surface area contributed by atoms with Gasteiger partial charge in [-0.2, -0.15) is 4.99 Å². The average molecular weight is 428 g/mol. The van der Waals surface area contributed by atoms with Crippen molar-refractivity contribution in [2.45, 2.75) is 13.3 Å². The van der Waals surface area contributed by atoms with Crippen LogP contribution in [0.25, 0.3) is 0 Å². The van der Waals surface area contributed by atoms with E-state index in [1.54, 1.807) is 11.8 Å². The van der Waals surface area contributed by atoms with Gasteiger partial charge in [-0.25, -0.2) is 4.99 Å². The van der Waals surface area contributed by atoms with E-state index in [0.717, 1.165) is 20.6 Å². The second-order valence-corrected chi connectivity index (χ2v) is 7.27. The minimum atomic E-state index is -0.452. The van der Waals surface area contributed by atoms with Gasteiger partial charge >= 0.3 is 0 Å². The van der Waals surface area contributed by atoms with Gasteiger partial charge in [0.25, 0.3) is 5.84 Å². The van der Waals surface area contributed by atoms with Crippen LogP contribution in [0, 0.1) is 8.78 Å². The summed E-state index contributed by atoms with van der Waals surface area (Å²) in [7, 11) is 0. The van der Waals surface area contributed by atoms with Gasteiger partial charge in [0.15, 0.2) is 18.2 Å². The maximum absolute atomic E-state index is 13.1. The van der Waals surface area contributed by atoms with E-state index in [9.17, 15) is 5.21 Å². The highest BCUT2D eigenvalue weighted by Crippen LogP contribution is 2.31. The Morgan fingerprint density at radius 1 is 1.41 bits per heavy atom. The quantitative estimate of drug-likeness (QED) is 0.455. The molecule has 1 atom stereocenters. The Morgan fingerprint density at radius 3 is 2.91 bits per heavy atom. The lowest BCUT2D eigenvalue weighted by Gasteiger charge is -2.44. The zero-order valence-electron chi connectivity index (χ0n) is 12.5. The van der Waals surface area contributed by atoms with Crippen molar-refractivity contribution < 1.29 is 4.65 Å². The molecule has 0 saturated carbocycles. The van der Waals surface area contributed by atoms with Gasteiger partial charge in [0, 0.05) is 9.13 Å². The van der Waals surface area contributed by atoms with Crippen LogP contribution >= 0.6 is 34.4 Å². The number of aliphatic imine (C=N–C) groups is 2. The molecule has 0 spiro atoms. The number of amidine groups is 2. The summed E-state index contributed by atoms with van der Waals surface area (Å²) in [5, 5.41) is 17.2. The second kappa shape index (κ2) is 6.31. The third-order valence-corrected chi connectivity index (χ3v) is 5.03. The molecule has 0 fully saturated rings. The van der Waals surface area contributed by atoms with Crippen molar-refractivity contribution in [3.8, 4) is 0 Å². The Kier molecular flexibility index (Phi) is 4.58. The Morgan fingerprint density at radius 2 is 2.23 bits per heavy atom. The third kappa shape index (κ3) is 2.82. The first-order chi connectivity index (χ1) is 10.6. The molecular formula is C15H17IN4OS. The molecule has 2 heterocycles. The fourth-order valence-corrected chi connectivity index (χ4v) is 3.68. The van der Waals surface area contributed by atoms with Gasteiger partial charge < -0.3 is 10.5 Å². The van der Waals surface area contributed by atoms with Crippen LogP contribution in [0.3, 0.4) is 0 Å². The number of thioether (sulfide) groups is 1. The van der Waals surface area contributed by atoms with Crippen LogP contribution in [0.2, 0.25) is 0 Å². The van der Waals surface area contributed by atoms with E-state index in [0.29, 0.717) is 30.6 Å². The summed E-state index contributed by atoms with van der Waals surface area (Å²) in [5.74, 6) is 1.17. The van der Waals surface area contributed by atoms with Crippen molar-refractivity contribution in [2.75, 3.05) is 19.5 Å². The summed E-state index contributed by atoms with van der Waals surface area (Å²) < 4.78 is 0.675. The molecule has 1 unspecified atom stereocenters. The number of nitrogens with one attached hydrogen (secondary N) is 1. The molecule has 2 aliphatic heterocycles. The van der Waals surface area contributed by atoms with Crippen molar-refractivity contribution in [3.05, 3.63) is 49.3 Å². The van der Waals surface area contributed by atoms with E-state index in [1.807, 2.05) is 37.4 Å². The van der Waals surface area contributed by atoms with Crippen LogP contribution in [0.1, 0.15) is 18.9 Å². The normalized spacial score (nSPS) is 23.8. The Labute approximate surface area is 147 Å². The topological polar surface area (TPSA) is 59.8 Å². The number of hydrogen-bond acceptors (Lipinski definition) is 5. The lowest BCUT2D eigenvalue weighted by Crippen LogP contribution is -2.56. The second-order valence-electron chi connectivity index (χ2n) is 5.21. The Balaban J connectivity index is 2.08. The monoisotopic (exact) mass is 428 g/mol. The zero-order chi connectivity index (χ0) is 15.7. The standard InChI is InChI=1S/C15H17IN4OS/c1-3-7-20(21)9-17-15(22-2)12-14(20)19-13(18-12)10-5-4-6-11(16)8-10/h4-6,8,17H,3,7,9H2,1-2H3. The molecule has 0 aromatic heterocycles. The average Bonchev–Trinajstić information content (AvgIpc) is 2.95. The summed E-state index contributed by atoms with van der Waals surface area (Å²) in [6, 6.07) is 8.02. The number of nitrogens with zero attached hydrogens (tertiary/aromatic N) is 3. The van der Waals surface area contributed by atoms with Crippen LogP contribution in [-0.4, -0.2) is 35.8 Å². The lowest BCUT2D eigenvalue weighted by molar-refractivity contribution is -0.793. The summed E-state index contributed by atoms with van der Waals surface area (Å²) in [6.07, 6.45) is 2.79. The molecule has 0 aliphatic carbocycles. The largest absolute Gasteiger partial charge is 0.625 e. The maximum Gasteiger partial charge on any atom is 0.260 e. The molecule has 0 amide bonds. The third-order valence-electron chi connectivity index (χ3n) is 3.61. The van der Waals surface area contributed by atoms with Crippen molar-refractivity contribution in [3.63, 3.8) is 0 Å². The van der Waals surface area contributed by atoms with Crippen molar-refractivity contribution in [1.29, 1.82) is 0 Å². The first kappa shape index (κ1) is 16.0. The van der Waals surface area contributed by atoms with E-state index >= 15 is 0 Å². The van der Waals surface area contributed by atoms with Gasteiger partial charge in [-0.05, 0) is 47.4 Å². The van der Waals surface area contributed by atoms with E-state index in [-0.39, 0.29) is 0 Å². The number of benzene rings is 1. The number of fused-ring (bicyclic) bond motifs is 1. The number of rotatable bonds is 4. The molecule has 1 aromatic carbocycles. The molecule has 2 aliphatic rings. The fraction of sp³-hybridized carbons (Fsp3) is 0.333. The van der Waals surface area contributed by atoms with E-state index in [4.69, 9.17) is 0 Å². The molecule has 3 rings (SSSR count). The molecule has 5 nitrogen and oxygen atoms in total. The Hall–Kier alpha value is -0.900. The molecule has 7 heteroatoms. The highest BCUT2D eigenvalue weighted by molar-refractivity contribution is 14.1. The van der Waals surface area contributed by atoms with Crippen molar-refractivity contribution in [1.82, 2.24) is 5.32 Å². The summed E-state index contributed by atoms with van der Waals surface area (Å²) in [4.78, 5) is 9.24. The minimum Gasteiger partial charge on any atom is -0.625 e. The van der Waals surface area contributed by atoms with E-state index in [2.05, 4.69) is 37.9 Å². The molecule has 1 aromatic rings. The summed E-state index contributed by atoms with van der Waals surface area (Å²) in [6.45, 7) is 2.84. The lowest BCUT2D eigenvalue weighted by atomic mass is 10.2. The SMILES string of the molecule is CCC[N+]1([O-])CNC(SC)=C2N=C(c3cccc(I)c3)N=C21. The van der Waals surface area contributed by atoms with Crippen LogP contribution < -0.4 is 5.32 Å². The van der Waals surface area contributed by atoms with Gasteiger partial charge in [-0.1, -0.05) is 19.1 Å². The Bertz CT molecular complexity index is 701. The van der Waals surface area contributed by atoms with Crippen LogP contribution in [0.15, 0.2) is 45.0 Å². The smallest absolute Gasteiger partial charge is 0.260 e. The zero-order valence-corrected chi connectivity index (χ0v) is 15.4.